The van der Waals surface area contributed by atoms with Gasteiger partial charge in [-0.25, -0.2) is 4.99 Å². The topological polar surface area (TPSA) is 63.9 Å². The largest absolute Gasteiger partial charge is 0.492 e. The van der Waals surface area contributed by atoms with Crippen LogP contribution in [0.2, 0.25) is 10.0 Å². The van der Waals surface area contributed by atoms with E-state index in [1.807, 2.05) is 45.9 Å². The van der Waals surface area contributed by atoms with Crippen LogP contribution in [0.3, 0.4) is 0 Å². The van der Waals surface area contributed by atoms with Gasteiger partial charge in [0.25, 0.3) is 11.5 Å². The van der Waals surface area contributed by atoms with E-state index in [0.29, 0.717) is 56.1 Å². The fraction of sp³-hybridized carbons (Fsp3) is 0.296. The van der Waals surface area contributed by atoms with E-state index in [-0.39, 0.29) is 11.5 Å². The lowest BCUT2D eigenvalue weighted by molar-refractivity contribution is -0.127. The smallest absolute Gasteiger partial charge is 0.271 e. The third-order valence-corrected chi connectivity index (χ3v) is 7.57. The van der Waals surface area contributed by atoms with Crippen molar-refractivity contribution in [1.29, 1.82) is 0 Å². The molecule has 0 unspecified atom stereocenters. The van der Waals surface area contributed by atoms with E-state index < -0.39 is 6.04 Å². The molecule has 0 saturated carbocycles. The molecule has 1 aliphatic heterocycles. The number of halogens is 2. The molecule has 188 valence electrons. The normalized spacial score (nSPS) is 15.5. The summed E-state index contributed by atoms with van der Waals surface area (Å²) < 4.78 is 7.62. The summed E-state index contributed by atoms with van der Waals surface area (Å²) in [5.74, 6) is 0.462. The maximum Gasteiger partial charge on any atom is 0.271 e. The van der Waals surface area contributed by atoms with Crippen molar-refractivity contribution in [2.45, 2.75) is 33.7 Å². The zero-order valence-corrected chi connectivity index (χ0v) is 22.9. The molecule has 2 aromatic carbocycles. The van der Waals surface area contributed by atoms with Gasteiger partial charge in [0.05, 0.1) is 33.5 Å². The molecule has 6 nitrogen and oxygen atoms in total. The van der Waals surface area contributed by atoms with Crippen molar-refractivity contribution < 1.29 is 9.53 Å². The SMILES string of the molecule is CCOc1ccc(/C=c2/sc3n(c2=O)[C@H](c2ccc(Cl)cc2)C(C(=O)N(CC)CC)=C(C)N=3)cc1Cl. The number of allylic oxidation sites excluding steroid dienone is 1. The van der Waals surface area contributed by atoms with Crippen LogP contribution in [0.1, 0.15) is 44.9 Å². The molecule has 0 aliphatic carbocycles. The summed E-state index contributed by atoms with van der Waals surface area (Å²) in [6, 6.07) is 12.0. The van der Waals surface area contributed by atoms with E-state index in [9.17, 15) is 9.59 Å². The Balaban J connectivity index is 1.91. The highest BCUT2D eigenvalue weighted by atomic mass is 35.5. The molecule has 1 amide bonds. The van der Waals surface area contributed by atoms with Gasteiger partial charge < -0.3 is 9.64 Å². The first kappa shape index (κ1) is 26.2. The summed E-state index contributed by atoms with van der Waals surface area (Å²) in [6.45, 7) is 9.21. The van der Waals surface area contributed by atoms with Crippen molar-refractivity contribution in [1.82, 2.24) is 9.47 Å². The third-order valence-electron chi connectivity index (χ3n) is 6.04. The lowest BCUT2D eigenvalue weighted by Gasteiger charge is -2.29. The lowest BCUT2D eigenvalue weighted by atomic mass is 9.94. The average molecular weight is 545 g/mol. The Kier molecular flexibility index (Phi) is 8.03. The van der Waals surface area contributed by atoms with Crippen molar-refractivity contribution in [2.75, 3.05) is 19.7 Å². The molecule has 0 spiro atoms. The molecule has 36 heavy (non-hydrogen) atoms. The van der Waals surface area contributed by atoms with E-state index in [1.165, 1.54) is 11.3 Å². The fourth-order valence-corrected chi connectivity index (χ4v) is 5.68. The molecule has 1 aromatic heterocycles. The molecule has 0 N–H and O–H groups in total. The number of fused-ring (bicyclic) bond motifs is 1. The second-order valence-corrected chi connectivity index (χ2v) is 10.1. The van der Waals surface area contributed by atoms with E-state index in [1.54, 1.807) is 39.8 Å². The van der Waals surface area contributed by atoms with Crippen molar-refractivity contribution in [3.63, 3.8) is 0 Å². The molecule has 0 bridgehead atoms. The fourth-order valence-electron chi connectivity index (χ4n) is 4.27. The van der Waals surface area contributed by atoms with Crippen LogP contribution in [0.5, 0.6) is 5.75 Å². The van der Waals surface area contributed by atoms with Crippen LogP contribution in [0.25, 0.3) is 6.08 Å². The zero-order valence-electron chi connectivity index (χ0n) is 20.5. The second kappa shape index (κ2) is 11.0. The van der Waals surface area contributed by atoms with Gasteiger partial charge >= 0.3 is 0 Å². The summed E-state index contributed by atoms with van der Waals surface area (Å²) in [7, 11) is 0. The van der Waals surface area contributed by atoms with Crippen molar-refractivity contribution in [2.24, 2.45) is 4.99 Å². The highest BCUT2D eigenvalue weighted by Gasteiger charge is 2.34. The van der Waals surface area contributed by atoms with E-state index in [0.717, 1.165) is 11.1 Å². The van der Waals surface area contributed by atoms with Crippen LogP contribution in [0.15, 0.2) is 63.5 Å². The zero-order chi connectivity index (χ0) is 26.0. The summed E-state index contributed by atoms with van der Waals surface area (Å²) >= 11 is 13.8. The summed E-state index contributed by atoms with van der Waals surface area (Å²) in [4.78, 5) is 34.3. The lowest BCUT2D eigenvalue weighted by Crippen LogP contribution is -2.43. The van der Waals surface area contributed by atoms with Gasteiger partial charge in [0.2, 0.25) is 0 Å². The highest BCUT2D eigenvalue weighted by Crippen LogP contribution is 2.32. The van der Waals surface area contributed by atoms with Gasteiger partial charge in [-0.15, -0.1) is 0 Å². The van der Waals surface area contributed by atoms with E-state index in [2.05, 4.69) is 0 Å². The molecule has 0 saturated heterocycles. The minimum absolute atomic E-state index is 0.131. The number of hydrogen-bond acceptors (Lipinski definition) is 5. The van der Waals surface area contributed by atoms with Gasteiger partial charge in [0, 0.05) is 18.1 Å². The summed E-state index contributed by atoms with van der Waals surface area (Å²) in [5.41, 5.74) is 2.43. The monoisotopic (exact) mass is 543 g/mol. The standard InChI is InChI=1S/C27H27Cl2N3O3S/c1-5-31(6-2)26(34)23-16(4)30-27-32(24(23)18-9-11-19(28)12-10-18)25(33)22(36-27)15-17-8-13-21(35-7-3)20(29)14-17/h8-15,24H,5-7H2,1-4H3/b22-15+/t24-/m1/s1. The minimum atomic E-state index is -0.613. The summed E-state index contributed by atoms with van der Waals surface area (Å²) in [5, 5.41) is 1.05. The Bertz CT molecular complexity index is 1500. The number of nitrogens with zero attached hydrogens (tertiary/aromatic N) is 3. The Morgan fingerprint density at radius 3 is 2.44 bits per heavy atom. The van der Waals surface area contributed by atoms with Gasteiger partial charge in [-0.1, -0.05) is 52.7 Å². The van der Waals surface area contributed by atoms with Gasteiger partial charge in [0.1, 0.15) is 5.75 Å². The predicted molar refractivity (Wildman–Crippen MR) is 146 cm³/mol. The number of amides is 1. The molecule has 0 radical (unpaired) electrons. The van der Waals surface area contributed by atoms with Crippen LogP contribution in [-0.2, 0) is 4.79 Å². The molecular formula is C27H27Cl2N3O3S. The van der Waals surface area contributed by atoms with Crippen molar-refractivity contribution >= 4 is 46.5 Å². The highest BCUT2D eigenvalue weighted by molar-refractivity contribution is 7.07. The number of aromatic nitrogens is 1. The van der Waals surface area contributed by atoms with Crippen molar-refractivity contribution in [3.05, 3.63) is 94.6 Å². The third kappa shape index (κ3) is 5.01. The molecule has 9 heteroatoms. The maximum absolute atomic E-state index is 13.8. The number of thiazole rings is 1. The van der Waals surface area contributed by atoms with Gasteiger partial charge in [-0.2, -0.15) is 0 Å². The second-order valence-electron chi connectivity index (χ2n) is 8.23. The first-order valence-electron chi connectivity index (χ1n) is 11.8. The Labute approximate surface area is 223 Å². The minimum Gasteiger partial charge on any atom is -0.492 e. The molecule has 2 heterocycles. The van der Waals surface area contributed by atoms with E-state index >= 15 is 0 Å². The Hall–Kier alpha value is -2.87. The Morgan fingerprint density at radius 2 is 1.83 bits per heavy atom. The van der Waals surface area contributed by atoms with Crippen LogP contribution in [0, 0.1) is 0 Å². The van der Waals surface area contributed by atoms with Crippen LogP contribution >= 0.6 is 34.5 Å². The molecular weight excluding hydrogens is 517 g/mol. The van der Waals surface area contributed by atoms with Gasteiger partial charge in [-0.05, 0) is 69.2 Å². The Morgan fingerprint density at radius 1 is 1.14 bits per heavy atom. The molecule has 1 aliphatic rings. The number of carbonyl (C=O) groups is 1. The number of hydrogen-bond donors (Lipinski definition) is 0. The first-order valence-corrected chi connectivity index (χ1v) is 13.4. The number of ether oxygens (including phenoxy) is 1. The number of benzene rings is 2. The predicted octanol–water partition coefficient (Wildman–Crippen LogP) is 4.81. The van der Waals surface area contributed by atoms with Gasteiger partial charge in [-0.3, -0.25) is 14.2 Å². The van der Waals surface area contributed by atoms with Crippen LogP contribution < -0.4 is 19.6 Å². The average Bonchev–Trinajstić information content (AvgIpc) is 3.15. The van der Waals surface area contributed by atoms with Gasteiger partial charge in [0.15, 0.2) is 4.80 Å². The number of rotatable bonds is 7. The quantitative estimate of drug-likeness (QED) is 0.429. The number of likely N-dealkylation sites (N-methyl/N-ethyl adjacent to an activating group) is 1. The molecule has 0 fully saturated rings. The molecule has 3 aromatic rings. The number of carbonyl (C=O) groups excluding carboxylic acids is 1. The summed E-state index contributed by atoms with van der Waals surface area (Å²) in [6.07, 6.45) is 1.79. The van der Waals surface area contributed by atoms with E-state index in [4.69, 9.17) is 32.9 Å². The van der Waals surface area contributed by atoms with Crippen LogP contribution in [0.4, 0.5) is 0 Å². The first-order chi connectivity index (χ1) is 17.3. The maximum atomic E-state index is 13.8. The molecule has 1 atom stereocenters. The van der Waals surface area contributed by atoms with Crippen LogP contribution in [-0.4, -0.2) is 35.1 Å². The molecule has 4 rings (SSSR count). The van der Waals surface area contributed by atoms with Crippen molar-refractivity contribution in [3.8, 4) is 5.75 Å².